The normalized spacial score (nSPS) is 28.3. The molecule has 1 aliphatic heterocycles. The topological polar surface area (TPSA) is 97.4 Å². The Morgan fingerprint density at radius 2 is 1.43 bits per heavy atom. The van der Waals surface area contributed by atoms with Crippen LogP contribution in [0, 0.1) is 0 Å². The molecule has 8 heteroatoms. The second-order valence-corrected chi connectivity index (χ2v) is 4.37. The van der Waals surface area contributed by atoms with Crippen molar-refractivity contribution in [3.63, 3.8) is 0 Å². The zero-order valence-corrected chi connectivity index (χ0v) is 12.3. The molecule has 0 saturated carbocycles. The van der Waals surface area contributed by atoms with Gasteiger partial charge in [0.15, 0.2) is 12.2 Å². The lowest BCUT2D eigenvalue weighted by atomic mass is 10.0. The van der Waals surface area contributed by atoms with E-state index in [0.717, 1.165) is 0 Å². The molecule has 118 valence electrons. The second-order valence-electron chi connectivity index (χ2n) is 4.37. The lowest BCUT2D eigenvalue weighted by molar-refractivity contribution is -0.253. The highest BCUT2D eigenvalue weighted by atomic mass is 16.7. The predicted octanol–water partition coefficient (Wildman–Crippen LogP) is 0.298. The van der Waals surface area contributed by atoms with E-state index in [4.69, 9.17) is 23.7 Å². The summed E-state index contributed by atoms with van der Waals surface area (Å²) in [6, 6.07) is 0. The molecule has 0 amide bonds. The molecule has 1 rings (SSSR count). The molecule has 1 fully saturated rings. The maximum atomic E-state index is 11.3. The average Bonchev–Trinajstić information content (AvgIpc) is 2.35. The highest BCUT2D eigenvalue weighted by Crippen LogP contribution is 2.30. The average molecular weight is 302 g/mol. The molecule has 0 aromatic carbocycles. The second kappa shape index (κ2) is 7.07. The van der Waals surface area contributed by atoms with E-state index in [2.05, 4.69) is 6.58 Å². The zero-order valence-electron chi connectivity index (χ0n) is 12.3. The van der Waals surface area contributed by atoms with Gasteiger partial charge >= 0.3 is 17.9 Å². The minimum atomic E-state index is -1.11. The highest BCUT2D eigenvalue weighted by molar-refractivity contribution is 5.68. The number of carbonyl (C=O) groups excluding carboxylic acids is 3. The van der Waals surface area contributed by atoms with Gasteiger partial charge in [0, 0.05) is 27.9 Å². The number of ether oxygens (including phenoxy) is 5. The van der Waals surface area contributed by atoms with Crippen LogP contribution in [0.5, 0.6) is 0 Å². The van der Waals surface area contributed by atoms with Crippen molar-refractivity contribution in [1.29, 1.82) is 0 Å². The smallest absolute Gasteiger partial charge is 0.303 e. The van der Waals surface area contributed by atoms with Crippen LogP contribution in [0.25, 0.3) is 0 Å². The molecule has 1 saturated heterocycles. The summed E-state index contributed by atoms with van der Waals surface area (Å²) in [6.07, 6.45) is -4.33. The standard InChI is InChI=1S/C13H18O8/c1-6-10(19-7(2)14)11(20-8(3)15)12(21-9(4)16)13(17-5)18-6/h10-13H,1H2,2-5H3/t10-,11+,12-,13+/m1/s1. The molecule has 4 atom stereocenters. The molecule has 0 spiro atoms. The van der Waals surface area contributed by atoms with Crippen molar-refractivity contribution < 1.29 is 38.1 Å². The fourth-order valence-corrected chi connectivity index (χ4v) is 1.92. The van der Waals surface area contributed by atoms with Crippen LogP contribution < -0.4 is 0 Å². The molecule has 0 bridgehead atoms. The molecule has 8 nitrogen and oxygen atoms in total. The molecule has 0 unspecified atom stereocenters. The largest absolute Gasteiger partial charge is 0.462 e. The first-order valence-electron chi connectivity index (χ1n) is 6.16. The Labute approximate surface area is 121 Å². The molecule has 0 aromatic heterocycles. The Balaban J connectivity index is 3.11. The first kappa shape index (κ1) is 17.0. The van der Waals surface area contributed by atoms with E-state index in [0.29, 0.717) is 0 Å². The van der Waals surface area contributed by atoms with E-state index in [-0.39, 0.29) is 5.76 Å². The molecular formula is C13H18O8. The van der Waals surface area contributed by atoms with Crippen LogP contribution in [-0.2, 0) is 38.1 Å². The Hall–Kier alpha value is -2.09. The van der Waals surface area contributed by atoms with Gasteiger partial charge in [-0.05, 0) is 0 Å². The van der Waals surface area contributed by atoms with Crippen LogP contribution in [0.1, 0.15) is 20.8 Å². The summed E-state index contributed by atoms with van der Waals surface area (Å²) in [7, 11) is 1.32. The molecule has 1 aliphatic rings. The Kier molecular flexibility index (Phi) is 5.71. The summed E-state index contributed by atoms with van der Waals surface area (Å²) >= 11 is 0. The third kappa shape index (κ3) is 4.45. The summed E-state index contributed by atoms with van der Waals surface area (Å²) in [5.74, 6) is -1.86. The summed E-state index contributed by atoms with van der Waals surface area (Å²) in [6.45, 7) is 7.15. The summed E-state index contributed by atoms with van der Waals surface area (Å²) in [5, 5.41) is 0. The minimum absolute atomic E-state index is 0.0340. The van der Waals surface area contributed by atoms with Crippen LogP contribution in [0.4, 0.5) is 0 Å². The lowest BCUT2D eigenvalue weighted by Crippen LogP contribution is -2.56. The lowest BCUT2D eigenvalue weighted by Gasteiger charge is -2.40. The molecule has 21 heavy (non-hydrogen) atoms. The monoisotopic (exact) mass is 302 g/mol. The first-order chi connectivity index (χ1) is 9.76. The fraction of sp³-hybridized carbons (Fsp3) is 0.615. The van der Waals surface area contributed by atoms with Gasteiger partial charge in [0.1, 0.15) is 5.76 Å². The van der Waals surface area contributed by atoms with Crippen molar-refractivity contribution >= 4 is 17.9 Å². The molecule has 0 aromatic rings. The van der Waals surface area contributed by atoms with Crippen molar-refractivity contribution in [2.75, 3.05) is 7.11 Å². The summed E-state index contributed by atoms with van der Waals surface area (Å²) in [4.78, 5) is 33.6. The van der Waals surface area contributed by atoms with Crippen molar-refractivity contribution in [1.82, 2.24) is 0 Å². The fourth-order valence-electron chi connectivity index (χ4n) is 1.92. The number of hydrogen-bond acceptors (Lipinski definition) is 8. The Bertz CT molecular complexity index is 443. The van der Waals surface area contributed by atoms with Gasteiger partial charge in [0.05, 0.1) is 0 Å². The Morgan fingerprint density at radius 1 is 0.952 bits per heavy atom. The third-order valence-corrected chi connectivity index (χ3v) is 2.60. The molecule has 0 radical (unpaired) electrons. The first-order valence-corrected chi connectivity index (χ1v) is 6.16. The van der Waals surface area contributed by atoms with Crippen molar-refractivity contribution in [3.8, 4) is 0 Å². The zero-order chi connectivity index (χ0) is 16.2. The Morgan fingerprint density at radius 3 is 1.86 bits per heavy atom. The van der Waals surface area contributed by atoms with Crippen molar-refractivity contribution in [3.05, 3.63) is 12.3 Å². The van der Waals surface area contributed by atoms with Gasteiger partial charge < -0.3 is 23.7 Å². The van der Waals surface area contributed by atoms with Crippen molar-refractivity contribution in [2.45, 2.75) is 45.4 Å². The van der Waals surface area contributed by atoms with E-state index in [1.807, 2.05) is 0 Å². The van der Waals surface area contributed by atoms with Gasteiger partial charge in [0.25, 0.3) is 0 Å². The van der Waals surface area contributed by atoms with Crippen LogP contribution in [0.3, 0.4) is 0 Å². The number of esters is 3. The number of methoxy groups -OCH3 is 1. The number of rotatable bonds is 4. The van der Waals surface area contributed by atoms with E-state index in [9.17, 15) is 14.4 Å². The SMILES string of the molecule is C=C1O[C@H](OC)[C@H](OC(C)=O)[C@@H](OC(C)=O)[C@@H]1OC(C)=O. The van der Waals surface area contributed by atoms with Crippen molar-refractivity contribution in [2.24, 2.45) is 0 Å². The number of carbonyl (C=O) groups is 3. The molecule has 0 aliphatic carbocycles. The maximum Gasteiger partial charge on any atom is 0.303 e. The van der Waals surface area contributed by atoms with E-state index >= 15 is 0 Å². The summed E-state index contributed by atoms with van der Waals surface area (Å²) in [5.41, 5.74) is 0. The van der Waals surface area contributed by atoms with Gasteiger partial charge in [-0.1, -0.05) is 6.58 Å². The van der Waals surface area contributed by atoms with Crippen LogP contribution >= 0.6 is 0 Å². The van der Waals surface area contributed by atoms with Gasteiger partial charge in [-0.15, -0.1) is 0 Å². The van der Waals surface area contributed by atoms with E-state index in [1.54, 1.807) is 0 Å². The van der Waals surface area contributed by atoms with Crippen LogP contribution in [0.2, 0.25) is 0 Å². The van der Waals surface area contributed by atoms with Gasteiger partial charge in [-0.25, -0.2) is 0 Å². The van der Waals surface area contributed by atoms with Gasteiger partial charge in [0.2, 0.25) is 12.4 Å². The van der Waals surface area contributed by atoms with E-state index in [1.165, 1.54) is 27.9 Å². The molecule has 1 heterocycles. The van der Waals surface area contributed by atoms with Crippen LogP contribution in [0.15, 0.2) is 12.3 Å². The summed E-state index contributed by atoms with van der Waals surface area (Å²) < 4.78 is 25.6. The maximum absolute atomic E-state index is 11.3. The number of hydrogen-bond donors (Lipinski definition) is 0. The molecular weight excluding hydrogens is 284 g/mol. The van der Waals surface area contributed by atoms with Gasteiger partial charge in [-0.2, -0.15) is 0 Å². The quantitative estimate of drug-likeness (QED) is 0.540. The third-order valence-electron chi connectivity index (χ3n) is 2.60. The predicted molar refractivity (Wildman–Crippen MR) is 67.7 cm³/mol. The van der Waals surface area contributed by atoms with Crippen LogP contribution in [-0.4, -0.2) is 49.6 Å². The van der Waals surface area contributed by atoms with Gasteiger partial charge in [-0.3, -0.25) is 14.4 Å². The minimum Gasteiger partial charge on any atom is -0.462 e. The highest BCUT2D eigenvalue weighted by Gasteiger charge is 2.49. The van der Waals surface area contributed by atoms with E-state index < -0.39 is 42.5 Å². The molecule has 0 N–H and O–H groups in total.